The molecule has 0 aliphatic carbocycles. The Morgan fingerprint density at radius 3 is 2.56 bits per heavy atom. The summed E-state index contributed by atoms with van der Waals surface area (Å²) in [5, 5.41) is 0. The minimum Gasteiger partial charge on any atom is -0.476 e. The van der Waals surface area contributed by atoms with E-state index in [0.29, 0.717) is 18.2 Å². The predicted octanol–water partition coefficient (Wildman–Crippen LogP) is 2.93. The lowest BCUT2D eigenvalue weighted by Crippen LogP contribution is -2.29. The van der Waals surface area contributed by atoms with Gasteiger partial charge in [-0.25, -0.2) is 0 Å². The standard InChI is InChI=1S/C14H25N3O/c1-6-9-18-13-11(15)7-8-12(16-13)17(5)10-14(2,3)4/h7-8H,6,9-10,15H2,1-5H3. The fourth-order valence-electron chi connectivity index (χ4n) is 1.76. The van der Waals surface area contributed by atoms with Crippen LogP contribution >= 0.6 is 0 Å². The summed E-state index contributed by atoms with van der Waals surface area (Å²) >= 11 is 0. The van der Waals surface area contributed by atoms with Crippen molar-refractivity contribution in [3.05, 3.63) is 12.1 Å². The van der Waals surface area contributed by atoms with Crippen molar-refractivity contribution in [2.75, 3.05) is 30.8 Å². The molecule has 1 aromatic heterocycles. The molecule has 2 N–H and O–H groups in total. The maximum absolute atomic E-state index is 5.85. The third kappa shape index (κ3) is 4.43. The molecule has 0 unspecified atom stereocenters. The van der Waals surface area contributed by atoms with E-state index in [4.69, 9.17) is 10.5 Å². The van der Waals surface area contributed by atoms with Gasteiger partial charge in [-0.1, -0.05) is 27.7 Å². The van der Waals surface area contributed by atoms with E-state index < -0.39 is 0 Å². The molecule has 4 nitrogen and oxygen atoms in total. The highest BCUT2D eigenvalue weighted by atomic mass is 16.5. The zero-order valence-corrected chi connectivity index (χ0v) is 12.2. The van der Waals surface area contributed by atoms with Crippen LogP contribution in [0.2, 0.25) is 0 Å². The second-order valence-corrected chi connectivity index (χ2v) is 5.83. The Kier molecular flexibility index (Phi) is 4.82. The zero-order chi connectivity index (χ0) is 13.8. The molecule has 0 aliphatic heterocycles. The number of nitrogen functional groups attached to an aromatic ring is 1. The fourth-order valence-corrected chi connectivity index (χ4v) is 1.76. The Morgan fingerprint density at radius 2 is 2.00 bits per heavy atom. The number of pyridine rings is 1. The maximum atomic E-state index is 5.85. The van der Waals surface area contributed by atoms with Gasteiger partial charge >= 0.3 is 0 Å². The van der Waals surface area contributed by atoms with Crippen LogP contribution in [0.5, 0.6) is 5.88 Å². The first-order chi connectivity index (χ1) is 8.33. The molecule has 0 saturated heterocycles. The Morgan fingerprint density at radius 1 is 1.33 bits per heavy atom. The van der Waals surface area contributed by atoms with Gasteiger partial charge in [-0.3, -0.25) is 0 Å². The van der Waals surface area contributed by atoms with Crippen LogP contribution < -0.4 is 15.4 Å². The highest BCUT2D eigenvalue weighted by Gasteiger charge is 2.15. The Balaban J connectivity index is 2.83. The van der Waals surface area contributed by atoms with E-state index in [1.807, 2.05) is 19.2 Å². The van der Waals surface area contributed by atoms with Crippen molar-refractivity contribution in [3.63, 3.8) is 0 Å². The molecule has 18 heavy (non-hydrogen) atoms. The molecule has 1 aromatic rings. The quantitative estimate of drug-likeness (QED) is 0.874. The molecule has 0 spiro atoms. The van der Waals surface area contributed by atoms with Gasteiger partial charge in [0, 0.05) is 13.6 Å². The molecule has 102 valence electrons. The zero-order valence-electron chi connectivity index (χ0n) is 12.2. The topological polar surface area (TPSA) is 51.4 Å². The lowest BCUT2D eigenvalue weighted by Gasteiger charge is -2.27. The van der Waals surface area contributed by atoms with Crippen molar-refractivity contribution < 1.29 is 4.74 Å². The first-order valence-electron chi connectivity index (χ1n) is 6.44. The number of anilines is 2. The number of nitrogens with zero attached hydrogens (tertiary/aromatic N) is 2. The van der Waals surface area contributed by atoms with Gasteiger partial charge in [0.2, 0.25) is 5.88 Å². The average molecular weight is 251 g/mol. The van der Waals surface area contributed by atoms with Crippen LogP contribution in [0.15, 0.2) is 12.1 Å². The third-order valence-corrected chi connectivity index (χ3v) is 2.42. The molecule has 4 heteroatoms. The van der Waals surface area contributed by atoms with E-state index in [9.17, 15) is 0 Å². The molecule has 0 atom stereocenters. The van der Waals surface area contributed by atoms with Gasteiger partial charge in [-0.2, -0.15) is 4.98 Å². The molecule has 0 aliphatic rings. The van der Waals surface area contributed by atoms with Gasteiger partial charge in [0.1, 0.15) is 5.82 Å². The van der Waals surface area contributed by atoms with Crippen LogP contribution in [0.3, 0.4) is 0 Å². The Bertz CT molecular complexity index is 385. The number of hydrogen-bond donors (Lipinski definition) is 1. The highest BCUT2D eigenvalue weighted by molar-refractivity contribution is 5.54. The van der Waals surface area contributed by atoms with Crippen LogP contribution in [0.4, 0.5) is 11.5 Å². The van der Waals surface area contributed by atoms with Gasteiger partial charge in [0.25, 0.3) is 0 Å². The summed E-state index contributed by atoms with van der Waals surface area (Å²) < 4.78 is 5.54. The largest absolute Gasteiger partial charge is 0.476 e. The van der Waals surface area contributed by atoms with Crippen molar-refractivity contribution >= 4 is 11.5 Å². The molecule has 1 heterocycles. The van der Waals surface area contributed by atoms with Crippen LogP contribution in [-0.2, 0) is 0 Å². The molecule has 0 radical (unpaired) electrons. The molecule has 0 saturated carbocycles. The monoisotopic (exact) mass is 251 g/mol. The van der Waals surface area contributed by atoms with E-state index in [-0.39, 0.29) is 5.41 Å². The first kappa shape index (κ1) is 14.6. The molecular weight excluding hydrogens is 226 g/mol. The summed E-state index contributed by atoms with van der Waals surface area (Å²) in [6.07, 6.45) is 0.948. The summed E-state index contributed by atoms with van der Waals surface area (Å²) in [4.78, 5) is 6.60. The molecule has 0 fully saturated rings. The number of hydrogen-bond acceptors (Lipinski definition) is 4. The maximum Gasteiger partial charge on any atom is 0.239 e. The Hall–Kier alpha value is -1.45. The van der Waals surface area contributed by atoms with E-state index in [1.54, 1.807) is 0 Å². The van der Waals surface area contributed by atoms with Crippen LogP contribution in [0, 0.1) is 5.41 Å². The average Bonchev–Trinajstić information content (AvgIpc) is 2.25. The summed E-state index contributed by atoms with van der Waals surface area (Å²) in [6, 6.07) is 3.78. The van der Waals surface area contributed by atoms with Gasteiger partial charge in [-0.15, -0.1) is 0 Å². The van der Waals surface area contributed by atoms with Gasteiger partial charge in [0.05, 0.1) is 12.3 Å². The van der Waals surface area contributed by atoms with E-state index in [2.05, 4.69) is 37.6 Å². The summed E-state index contributed by atoms with van der Waals surface area (Å²) in [7, 11) is 2.04. The minimum atomic E-state index is 0.224. The summed E-state index contributed by atoms with van der Waals surface area (Å²) in [5.41, 5.74) is 6.67. The predicted molar refractivity (Wildman–Crippen MR) is 77.2 cm³/mol. The Labute approximate surface area is 110 Å². The highest BCUT2D eigenvalue weighted by Crippen LogP contribution is 2.24. The van der Waals surface area contributed by atoms with E-state index >= 15 is 0 Å². The van der Waals surface area contributed by atoms with Gasteiger partial charge < -0.3 is 15.4 Å². The van der Waals surface area contributed by atoms with Crippen LogP contribution in [-0.4, -0.2) is 25.2 Å². The van der Waals surface area contributed by atoms with Gasteiger partial charge in [0.15, 0.2) is 0 Å². The lowest BCUT2D eigenvalue weighted by atomic mass is 9.96. The fraction of sp³-hybridized carbons (Fsp3) is 0.643. The first-order valence-corrected chi connectivity index (χ1v) is 6.44. The van der Waals surface area contributed by atoms with Crippen molar-refractivity contribution in [2.24, 2.45) is 5.41 Å². The second-order valence-electron chi connectivity index (χ2n) is 5.83. The summed E-state index contributed by atoms with van der Waals surface area (Å²) in [5.74, 6) is 1.43. The number of rotatable bonds is 5. The number of aromatic nitrogens is 1. The third-order valence-electron chi connectivity index (χ3n) is 2.42. The second kappa shape index (κ2) is 5.94. The molecule has 1 rings (SSSR count). The van der Waals surface area contributed by atoms with Crippen molar-refractivity contribution in [1.29, 1.82) is 0 Å². The SMILES string of the molecule is CCCOc1nc(N(C)CC(C)(C)C)ccc1N. The van der Waals surface area contributed by atoms with E-state index in [0.717, 1.165) is 18.8 Å². The van der Waals surface area contributed by atoms with Crippen molar-refractivity contribution in [3.8, 4) is 5.88 Å². The minimum absolute atomic E-state index is 0.224. The normalized spacial score (nSPS) is 11.4. The van der Waals surface area contributed by atoms with Crippen molar-refractivity contribution in [1.82, 2.24) is 4.98 Å². The number of nitrogens with two attached hydrogens (primary N) is 1. The van der Waals surface area contributed by atoms with E-state index in [1.165, 1.54) is 0 Å². The smallest absolute Gasteiger partial charge is 0.239 e. The van der Waals surface area contributed by atoms with Crippen molar-refractivity contribution in [2.45, 2.75) is 34.1 Å². The summed E-state index contributed by atoms with van der Waals surface area (Å²) in [6.45, 7) is 10.2. The molecule has 0 bridgehead atoms. The van der Waals surface area contributed by atoms with Crippen LogP contribution in [0.1, 0.15) is 34.1 Å². The molecule has 0 aromatic carbocycles. The number of ether oxygens (including phenoxy) is 1. The molecule has 0 amide bonds. The lowest BCUT2D eigenvalue weighted by molar-refractivity contribution is 0.307. The van der Waals surface area contributed by atoms with Crippen LogP contribution in [0.25, 0.3) is 0 Å². The van der Waals surface area contributed by atoms with Gasteiger partial charge in [-0.05, 0) is 24.0 Å². The molecular formula is C14H25N3O.